The summed E-state index contributed by atoms with van der Waals surface area (Å²) in [6.07, 6.45) is 3.30. The Labute approximate surface area is 104 Å². The van der Waals surface area contributed by atoms with Gasteiger partial charge in [-0.05, 0) is 36.8 Å². The van der Waals surface area contributed by atoms with Gasteiger partial charge in [-0.1, -0.05) is 6.92 Å². The number of hydrogen-bond donors (Lipinski definition) is 2. The van der Waals surface area contributed by atoms with E-state index in [-0.39, 0.29) is 12.5 Å². The van der Waals surface area contributed by atoms with Crippen LogP contribution in [0.5, 0.6) is 0 Å². The quantitative estimate of drug-likeness (QED) is 0.845. The van der Waals surface area contributed by atoms with E-state index in [9.17, 15) is 9.59 Å². The first kappa shape index (κ1) is 12.1. The van der Waals surface area contributed by atoms with Crippen LogP contribution in [-0.4, -0.2) is 18.4 Å². The van der Waals surface area contributed by atoms with Gasteiger partial charge in [0.25, 0.3) is 5.91 Å². The monoisotopic (exact) mass is 252 g/mol. The molecule has 92 valence electrons. The van der Waals surface area contributed by atoms with Crippen molar-refractivity contribution in [1.29, 1.82) is 0 Å². The van der Waals surface area contributed by atoms with E-state index >= 15 is 0 Å². The van der Waals surface area contributed by atoms with Crippen molar-refractivity contribution < 1.29 is 9.59 Å². The van der Waals surface area contributed by atoms with Gasteiger partial charge in [0.05, 0.1) is 11.4 Å². The Morgan fingerprint density at radius 2 is 2.35 bits per heavy atom. The molecule has 0 radical (unpaired) electrons. The predicted octanol–water partition coefficient (Wildman–Crippen LogP) is 1.09. The van der Waals surface area contributed by atoms with Crippen molar-refractivity contribution in [2.24, 2.45) is 11.7 Å². The predicted molar refractivity (Wildman–Crippen MR) is 67.0 cm³/mol. The standard InChI is InChI=1S/C12H16N2O2S/c1-7-2-3-9-8(4-7)5-10(17-9)12(16)14-6-11(13)15/h5,7H,2-4,6H2,1H3,(H2,13,15)(H,14,16)/t7-/m1/s1. The number of fused-ring (bicyclic) bond motifs is 1. The SMILES string of the molecule is C[C@@H]1CCc2sc(C(=O)NCC(N)=O)cc2C1. The molecule has 5 heteroatoms. The van der Waals surface area contributed by atoms with Crippen molar-refractivity contribution in [1.82, 2.24) is 5.32 Å². The lowest BCUT2D eigenvalue weighted by Crippen LogP contribution is -2.32. The Kier molecular flexibility index (Phi) is 3.47. The molecule has 0 aliphatic heterocycles. The van der Waals surface area contributed by atoms with E-state index in [2.05, 4.69) is 12.2 Å². The maximum absolute atomic E-state index is 11.7. The summed E-state index contributed by atoms with van der Waals surface area (Å²) < 4.78 is 0. The lowest BCUT2D eigenvalue weighted by molar-refractivity contribution is -0.117. The van der Waals surface area contributed by atoms with Crippen LogP contribution < -0.4 is 11.1 Å². The summed E-state index contributed by atoms with van der Waals surface area (Å²) in [6.45, 7) is 2.13. The average molecular weight is 252 g/mol. The van der Waals surface area contributed by atoms with Crippen molar-refractivity contribution >= 4 is 23.2 Å². The number of hydrogen-bond acceptors (Lipinski definition) is 3. The molecule has 0 aromatic carbocycles. The van der Waals surface area contributed by atoms with Crippen molar-refractivity contribution in [2.75, 3.05) is 6.54 Å². The van der Waals surface area contributed by atoms with Crippen LogP contribution in [0.4, 0.5) is 0 Å². The molecule has 0 saturated carbocycles. The maximum atomic E-state index is 11.7. The molecular weight excluding hydrogens is 236 g/mol. The third kappa shape index (κ3) is 2.85. The van der Waals surface area contributed by atoms with E-state index in [0.29, 0.717) is 10.8 Å². The van der Waals surface area contributed by atoms with E-state index in [1.54, 1.807) is 0 Å². The lowest BCUT2D eigenvalue weighted by Gasteiger charge is -2.16. The molecule has 4 nitrogen and oxygen atoms in total. The van der Waals surface area contributed by atoms with E-state index in [0.717, 1.165) is 12.8 Å². The third-order valence-corrected chi connectivity index (χ3v) is 4.21. The molecule has 0 spiro atoms. The number of amides is 2. The summed E-state index contributed by atoms with van der Waals surface area (Å²) in [7, 11) is 0. The number of nitrogens with two attached hydrogens (primary N) is 1. The fourth-order valence-electron chi connectivity index (χ4n) is 2.07. The molecule has 0 bridgehead atoms. The zero-order valence-electron chi connectivity index (χ0n) is 9.79. The van der Waals surface area contributed by atoms with Gasteiger partial charge in [-0.15, -0.1) is 11.3 Å². The molecule has 1 atom stereocenters. The normalized spacial score (nSPS) is 18.5. The third-order valence-electron chi connectivity index (χ3n) is 2.98. The molecule has 1 heterocycles. The van der Waals surface area contributed by atoms with Crippen LogP contribution in [0.1, 0.15) is 33.5 Å². The summed E-state index contributed by atoms with van der Waals surface area (Å²) in [6, 6.07) is 1.95. The molecule has 1 aromatic heterocycles. The Morgan fingerprint density at radius 1 is 1.59 bits per heavy atom. The molecule has 1 aliphatic rings. The maximum Gasteiger partial charge on any atom is 0.261 e. The van der Waals surface area contributed by atoms with Crippen LogP contribution in [0, 0.1) is 5.92 Å². The van der Waals surface area contributed by atoms with E-state index in [1.807, 2.05) is 6.07 Å². The molecular formula is C12H16N2O2S. The minimum atomic E-state index is -0.520. The molecule has 3 N–H and O–H groups in total. The van der Waals surface area contributed by atoms with Gasteiger partial charge >= 0.3 is 0 Å². The lowest BCUT2D eigenvalue weighted by atomic mass is 9.90. The fourth-order valence-corrected chi connectivity index (χ4v) is 3.20. The van der Waals surface area contributed by atoms with Gasteiger partial charge in [0.1, 0.15) is 0 Å². The van der Waals surface area contributed by atoms with Crippen LogP contribution in [-0.2, 0) is 17.6 Å². The Hall–Kier alpha value is -1.36. The fraction of sp³-hybridized carbons (Fsp3) is 0.500. The van der Waals surface area contributed by atoms with Gasteiger partial charge in [-0.25, -0.2) is 0 Å². The zero-order valence-corrected chi connectivity index (χ0v) is 10.6. The molecule has 0 fully saturated rings. The smallest absolute Gasteiger partial charge is 0.261 e. The Balaban J connectivity index is 2.07. The van der Waals surface area contributed by atoms with Crippen LogP contribution in [0.2, 0.25) is 0 Å². The Morgan fingerprint density at radius 3 is 3.06 bits per heavy atom. The number of nitrogens with one attached hydrogen (secondary N) is 1. The second-order valence-electron chi connectivity index (χ2n) is 4.56. The first-order chi connectivity index (χ1) is 8.06. The van der Waals surface area contributed by atoms with E-state index < -0.39 is 5.91 Å². The molecule has 2 amide bonds. The number of carbonyl (C=O) groups excluding carboxylic acids is 2. The number of aryl methyl sites for hydroxylation is 1. The number of rotatable bonds is 3. The van der Waals surface area contributed by atoms with Crippen LogP contribution in [0.25, 0.3) is 0 Å². The van der Waals surface area contributed by atoms with Crippen molar-refractivity contribution in [2.45, 2.75) is 26.2 Å². The van der Waals surface area contributed by atoms with Crippen LogP contribution in [0.15, 0.2) is 6.07 Å². The minimum absolute atomic E-state index is 0.0994. The highest BCUT2D eigenvalue weighted by Gasteiger charge is 2.20. The highest BCUT2D eigenvalue weighted by atomic mass is 32.1. The number of carbonyl (C=O) groups is 2. The van der Waals surface area contributed by atoms with Gasteiger partial charge in [-0.2, -0.15) is 0 Å². The van der Waals surface area contributed by atoms with Gasteiger partial charge in [0, 0.05) is 4.88 Å². The first-order valence-electron chi connectivity index (χ1n) is 5.74. The van der Waals surface area contributed by atoms with Crippen LogP contribution in [0.3, 0.4) is 0 Å². The second-order valence-corrected chi connectivity index (χ2v) is 5.69. The summed E-state index contributed by atoms with van der Waals surface area (Å²) in [5, 5.41) is 2.52. The largest absolute Gasteiger partial charge is 0.368 e. The van der Waals surface area contributed by atoms with E-state index in [4.69, 9.17) is 5.73 Å². The van der Waals surface area contributed by atoms with Gasteiger partial charge in [0.15, 0.2) is 0 Å². The van der Waals surface area contributed by atoms with Gasteiger partial charge in [-0.3, -0.25) is 9.59 Å². The number of primary amides is 1. The van der Waals surface area contributed by atoms with Crippen LogP contribution >= 0.6 is 11.3 Å². The topological polar surface area (TPSA) is 72.2 Å². The summed E-state index contributed by atoms with van der Waals surface area (Å²) in [5.41, 5.74) is 6.27. The highest BCUT2D eigenvalue weighted by Crippen LogP contribution is 2.32. The highest BCUT2D eigenvalue weighted by molar-refractivity contribution is 7.14. The number of thiophene rings is 1. The van der Waals surface area contributed by atoms with Crippen molar-refractivity contribution in [3.8, 4) is 0 Å². The first-order valence-corrected chi connectivity index (χ1v) is 6.56. The molecule has 17 heavy (non-hydrogen) atoms. The molecule has 0 unspecified atom stereocenters. The van der Waals surface area contributed by atoms with E-state index in [1.165, 1.54) is 28.2 Å². The molecule has 1 aliphatic carbocycles. The summed E-state index contributed by atoms with van der Waals surface area (Å²) in [4.78, 5) is 24.3. The Bertz CT molecular complexity index is 453. The average Bonchev–Trinajstić information content (AvgIpc) is 2.68. The second kappa shape index (κ2) is 4.87. The molecule has 1 aromatic rings. The summed E-state index contributed by atoms with van der Waals surface area (Å²) in [5.74, 6) is -0.0252. The van der Waals surface area contributed by atoms with Gasteiger partial charge in [0.2, 0.25) is 5.91 Å². The molecule has 2 rings (SSSR count). The van der Waals surface area contributed by atoms with Crippen molar-refractivity contribution in [3.63, 3.8) is 0 Å². The van der Waals surface area contributed by atoms with Crippen molar-refractivity contribution in [3.05, 3.63) is 21.4 Å². The summed E-state index contributed by atoms with van der Waals surface area (Å²) >= 11 is 1.53. The molecule has 0 saturated heterocycles. The minimum Gasteiger partial charge on any atom is -0.368 e. The van der Waals surface area contributed by atoms with Gasteiger partial charge < -0.3 is 11.1 Å². The zero-order chi connectivity index (χ0) is 12.4.